The topological polar surface area (TPSA) is 132 Å². The van der Waals surface area contributed by atoms with Gasteiger partial charge >= 0.3 is 5.97 Å². The predicted molar refractivity (Wildman–Crippen MR) is 155 cm³/mol. The number of rotatable bonds is 9. The van der Waals surface area contributed by atoms with Crippen molar-refractivity contribution in [1.82, 2.24) is 15.3 Å². The molecule has 0 aromatic heterocycles. The number of hydrogen-bond acceptors (Lipinski definition) is 8. The Kier molecular flexibility index (Phi) is 7.25. The zero-order valence-electron chi connectivity index (χ0n) is 24.7. The molecular formula is C32H41N3O7. The van der Waals surface area contributed by atoms with Crippen molar-refractivity contribution in [3.63, 3.8) is 0 Å². The van der Waals surface area contributed by atoms with Crippen LogP contribution in [0.15, 0.2) is 30.3 Å². The molecule has 4 N–H and O–H groups in total. The third kappa shape index (κ3) is 4.46. The Morgan fingerprint density at radius 2 is 1.95 bits per heavy atom. The van der Waals surface area contributed by atoms with Crippen LogP contribution in [0.25, 0.3) is 0 Å². The van der Waals surface area contributed by atoms with Gasteiger partial charge in [-0.3, -0.25) is 9.80 Å². The number of likely N-dealkylation sites (N-methyl/N-ethyl adjacent to an activating group) is 1. The molecule has 1 amide bonds. The van der Waals surface area contributed by atoms with E-state index in [9.17, 15) is 24.9 Å². The van der Waals surface area contributed by atoms with Crippen LogP contribution in [0.5, 0.6) is 23.0 Å². The number of ether oxygens (including phenoxy) is 2. The molecule has 0 radical (unpaired) electrons. The average Bonchev–Trinajstić information content (AvgIpc) is 3.30. The fourth-order valence-electron chi connectivity index (χ4n) is 8.21. The SMILES string of the molecule is COc1cc(O)c2c3c1C[C@@H]1[C@@H]4CC[C@@H](NN(C(=O)CC(C)C)[C@@H](Cc5ccc(O)cc5)C(=O)O)[C@H](O2)[C@]34CCN1C. The number of phenolic OH excluding ortho intramolecular Hbond substituents is 2. The van der Waals surface area contributed by atoms with E-state index in [0.29, 0.717) is 35.4 Å². The standard InChI is InChI=1S/C32H41N3O7/c1-17(2)13-27(38)35(24(31(39)40)14-18-5-7-19(36)8-6-18)33-22-10-9-21-23-15-20-26(41-4)16-25(37)29-28(20)32(21,30(22)42-29)11-12-34(23)3/h5-8,16-17,21-24,30,33,36-37H,9-15H2,1-4H3,(H,39,40)/t21-,22+,23+,24-,30-,32-/m0/s1. The monoisotopic (exact) mass is 579 g/mol. The van der Waals surface area contributed by atoms with E-state index in [1.165, 1.54) is 17.1 Å². The number of methoxy groups -OCH3 is 1. The van der Waals surface area contributed by atoms with Crippen LogP contribution in [-0.2, 0) is 27.8 Å². The number of nitrogens with zero attached hydrogens (tertiary/aromatic N) is 2. The Labute approximate surface area is 246 Å². The Morgan fingerprint density at radius 3 is 2.62 bits per heavy atom. The molecule has 2 aliphatic carbocycles. The average molecular weight is 580 g/mol. The van der Waals surface area contributed by atoms with Gasteiger partial charge in [0.2, 0.25) is 5.91 Å². The van der Waals surface area contributed by atoms with Gasteiger partial charge in [-0.15, -0.1) is 0 Å². The Morgan fingerprint density at radius 1 is 1.21 bits per heavy atom. The highest BCUT2D eigenvalue weighted by atomic mass is 16.5. The second-order valence-corrected chi connectivity index (χ2v) is 12.9. The van der Waals surface area contributed by atoms with E-state index in [-0.39, 0.29) is 47.6 Å². The molecule has 1 saturated heterocycles. The molecule has 10 heteroatoms. The first-order valence-electron chi connectivity index (χ1n) is 14.9. The number of phenols is 2. The third-order valence-corrected chi connectivity index (χ3v) is 10.0. The number of nitrogens with one attached hydrogen (secondary N) is 1. The molecule has 0 unspecified atom stereocenters. The van der Waals surface area contributed by atoms with E-state index in [4.69, 9.17) is 9.47 Å². The maximum Gasteiger partial charge on any atom is 0.328 e. The summed E-state index contributed by atoms with van der Waals surface area (Å²) in [5.41, 5.74) is 5.82. The minimum Gasteiger partial charge on any atom is -0.508 e. The van der Waals surface area contributed by atoms with Crippen LogP contribution in [0.3, 0.4) is 0 Å². The summed E-state index contributed by atoms with van der Waals surface area (Å²) in [6, 6.07) is 6.80. The summed E-state index contributed by atoms with van der Waals surface area (Å²) in [5, 5.41) is 32.5. The van der Waals surface area contributed by atoms with Crippen LogP contribution < -0.4 is 14.9 Å². The highest BCUT2D eigenvalue weighted by Gasteiger charge is 2.66. The van der Waals surface area contributed by atoms with Crippen LogP contribution in [0.2, 0.25) is 0 Å². The molecule has 2 aromatic carbocycles. The van der Waals surface area contributed by atoms with Gasteiger partial charge in [-0.25, -0.2) is 10.2 Å². The molecule has 2 heterocycles. The molecule has 2 fully saturated rings. The number of carboxylic acids is 1. The Balaban J connectivity index is 1.39. The maximum atomic E-state index is 13.7. The minimum atomic E-state index is -1.17. The lowest BCUT2D eigenvalue weighted by Crippen LogP contribution is -2.70. The number of carboxylic acid groups (broad SMARTS) is 1. The number of carbonyl (C=O) groups excluding carboxylic acids is 1. The number of hydrogen-bond donors (Lipinski definition) is 4. The van der Waals surface area contributed by atoms with Crippen LogP contribution >= 0.6 is 0 Å². The Bertz CT molecular complexity index is 1380. The minimum absolute atomic E-state index is 0.0335. The lowest BCUT2D eigenvalue weighted by atomic mass is 9.51. The predicted octanol–water partition coefficient (Wildman–Crippen LogP) is 3.22. The van der Waals surface area contributed by atoms with Gasteiger partial charge in [0.1, 0.15) is 23.6 Å². The van der Waals surface area contributed by atoms with Gasteiger partial charge in [0, 0.05) is 41.5 Å². The maximum absolute atomic E-state index is 13.7. The molecule has 2 bridgehead atoms. The smallest absolute Gasteiger partial charge is 0.328 e. The highest BCUT2D eigenvalue weighted by Crippen LogP contribution is 2.65. The van der Waals surface area contributed by atoms with Crippen molar-refractivity contribution in [3.05, 3.63) is 47.0 Å². The number of piperidine rings is 1. The third-order valence-electron chi connectivity index (χ3n) is 10.0. The largest absolute Gasteiger partial charge is 0.508 e. The molecule has 2 aromatic rings. The number of amides is 1. The molecule has 1 spiro atoms. The summed E-state index contributed by atoms with van der Waals surface area (Å²) in [4.78, 5) is 28.8. The molecule has 226 valence electrons. The second-order valence-electron chi connectivity index (χ2n) is 12.9. The second kappa shape index (κ2) is 10.6. The van der Waals surface area contributed by atoms with E-state index < -0.39 is 18.1 Å². The lowest BCUT2D eigenvalue weighted by Gasteiger charge is -2.59. The lowest BCUT2D eigenvalue weighted by molar-refractivity contribution is -0.157. The van der Waals surface area contributed by atoms with Crippen molar-refractivity contribution in [3.8, 4) is 23.0 Å². The zero-order valence-corrected chi connectivity index (χ0v) is 24.7. The quantitative estimate of drug-likeness (QED) is 0.331. The van der Waals surface area contributed by atoms with Crippen LogP contribution in [0.4, 0.5) is 0 Å². The van der Waals surface area contributed by atoms with Gasteiger partial charge in [-0.05, 0) is 68.8 Å². The molecule has 2 aliphatic heterocycles. The normalized spacial score (nSPS) is 28.1. The van der Waals surface area contributed by atoms with Crippen LogP contribution in [0.1, 0.15) is 56.2 Å². The molecule has 42 heavy (non-hydrogen) atoms. The van der Waals surface area contributed by atoms with Crippen molar-refractivity contribution in [1.29, 1.82) is 0 Å². The van der Waals surface area contributed by atoms with Crippen LogP contribution in [0, 0.1) is 11.8 Å². The summed E-state index contributed by atoms with van der Waals surface area (Å²) in [6.07, 6.45) is 3.09. The van der Waals surface area contributed by atoms with Crippen molar-refractivity contribution < 1.29 is 34.4 Å². The van der Waals surface area contributed by atoms with E-state index in [1.54, 1.807) is 25.3 Å². The summed E-state index contributed by atoms with van der Waals surface area (Å²) in [5.74, 6) is 0.228. The Hall–Kier alpha value is -3.50. The number of aromatic hydroxyl groups is 2. The summed E-state index contributed by atoms with van der Waals surface area (Å²) in [7, 11) is 3.79. The van der Waals surface area contributed by atoms with Gasteiger partial charge in [0.05, 0.1) is 13.2 Å². The molecule has 6 rings (SSSR count). The van der Waals surface area contributed by atoms with Crippen molar-refractivity contribution >= 4 is 11.9 Å². The fraction of sp³-hybridized carbons (Fsp3) is 0.562. The number of carbonyl (C=O) groups is 2. The first-order chi connectivity index (χ1) is 20.0. The fourth-order valence-corrected chi connectivity index (χ4v) is 8.21. The van der Waals surface area contributed by atoms with Crippen LogP contribution in [-0.4, -0.2) is 82.0 Å². The number of benzene rings is 2. The zero-order chi connectivity index (χ0) is 29.9. The molecule has 1 saturated carbocycles. The highest BCUT2D eigenvalue weighted by molar-refractivity contribution is 5.83. The summed E-state index contributed by atoms with van der Waals surface area (Å²) in [6.45, 7) is 4.75. The molecule has 4 aliphatic rings. The van der Waals surface area contributed by atoms with E-state index in [0.717, 1.165) is 36.9 Å². The number of hydrazine groups is 1. The number of aliphatic carboxylic acids is 1. The van der Waals surface area contributed by atoms with Gasteiger partial charge in [0.25, 0.3) is 0 Å². The van der Waals surface area contributed by atoms with Gasteiger partial charge in [-0.1, -0.05) is 26.0 Å². The molecule has 10 nitrogen and oxygen atoms in total. The van der Waals surface area contributed by atoms with Gasteiger partial charge in [-0.2, -0.15) is 0 Å². The summed E-state index contributed by atoms with van der Waals surface area (Å²) < 4.78 is 12.4. The molecular weight excluding hydrogens is 538 g/mol. The molecule has 6 atom stereocenters. The number of likely N-dealkylation sites (tertiary alicyclic amines) is 1. The van der Waals surface area contributed by atoms with Crippen molar-refractivity contribution in [2.45, 2.75) is 82.0 Å². The van der Waals surface area contributed by atoms with E-state index >= 15 is 0 Å². The van der Waals surface area contributed by atoms with Crippen molar-refractivity contribution in [2.24, 2.45) is 11.8 Å². The van der Waals surface area contributed by atoms with Crippen molar-refractivity contribution in [2.75, 3.05) is 20.7 Å². The summed E-state index contributed by atoms with van der Waals surface area (Å²) >= 11 is 0. The van der Waals surface area contributed by atoms with E-state index in [2.05, 4.69) is 17.4 Å². The van der Waals surface area contributed by atoms with Gasteiger partial charge in [0.15, 0.2) is 11.5 Å². The first kappa shape index (κ1) is 28.6. The van der Waals surface area contributed by atoms with E-state index in [1.807, 2.05) is 13.8 Å². The first-order valence-corrected chi connectivity index (χ1v) is 14.9. The van der Waals surface area contributed by atoms with Gasteiger partial charge < -0.3 is 29.7 Å².